The first-order valence-electron chi connectivity index (χ1n) is 37.4. The Balaban J connectivity index is 5.42. The zero-order chi connectivity index (χ0) is 71.8. The van der Waals surface area contributed by atoms with Crippen molar-refractivity contribution in [3.63, 3.8) is 0 Å². The summed E-state index contributed by atoms with van der Waals surface area (Å²) in [5.41, 5.74) is 0. The number of hydrogen-bond donors (Lipinski definition) is 3. The molecule has 560 valence electrons. The quantitative estimate of drug-likeness (QED) is 0.0169. The first-order chi connectivity index (χ1) is 47.7. The predicted molar refractivity (Wildman–Crippen MR) is 399 cm³/mol. The molecule has 19 heteroatoms. The van der Waals surface area contributed by atoms with Gasteiger partial charge in [-0.05, 0) is 141 Å². The first kappa shape index (κ1) is 93.2. The summed E-state index contributed by atoms with van der Waals surface area (Å²) < 4.78 is 68.3. The van der Waals surface area contributed by atoms with Crippen LogP contribution in [-0.4, -0.2) is 96.7 Å². The Morgan fingerprint density at radius 3 is 0.929 bits per heavy atom. The van der Waals surface area contributed by atoms with Gasteiger partial charge in [0.05, 0.1) is 26.4 Å². The number of allylic oxidation sites excluding steroid dienone is 22. The van der Waals surface area contributed by atoms with Crippen molar-refractivity contribution >= 4 is 39.5 Å². The van der Waals surface area contributed by atoms with Crippen LogP contribution >= 0.6 is 15.6 Å². The SMILES string of the molecule is CC/C=C\C/C=C\C/C=C\C/C=C\C/C=C\C/C=C\CCC(=O)OCC(COP(=O)(O)OCC(O)COP(=O)(O)OCC(COC(=O)CCCCCCC/C=C\C/C=C\CCC)OC(=O)CCCCCCC/C=C\CCCCCC)OC(=O)CCCCCCC/C=C\C/C=C\CCC. The highest BCUT2D eigenvalue weighted by molar-refractivity contribution is 7.47. The van der Waals surface area contributed by atoms with Crippen molar-refractivity contribution in [2.75, 3.05) is 39.6 Å². The monoisotopic (exact) mass is 1410 g/mol. The molecular weight excluding hydrogens is 1280 g/mol. The molecule has 0 aliphatic heterocycles. The highest BCUT2D eigenvalue weighted by Crippen LogP contribution is 2.45. The third-order valence-corrected chi connectivity index (χ3v) is 16.9. The van der Waals surface area contributed by atoms with Gasteiger partial charge in [0.25, 0.3) is 0 Å². The molecule has 0 aliphatic rings. The number of ether oxygens (including phenoxy) is 4. The zero-order valence-corrected chi connectivity index (χ0v) is 62.7. The normalized spacial score (nSPS) is 14.7. The smallest absolute Gasteiger partial charge is 0.462 e. The van der Waals surface area contributed by atoms with Crippen LogP contribution < -0.4 is 0 Å². The summed E-state index contributed by atoms with van der Waals surface area (Å²) in [5, 5.41) is 10.6. The van der Waals surface area contributed by atoms with Crippen molar-refractivity contribution in [3.05, 3.63) is 134 Å². The molecule has 0 aromatic rings. The average Bonchev–Trinajstić information content (AvgIpc) is 0.966. The maximum absolute atomic E-state index is 13.1. The van der Waals surface area contributed by atoms with Crippen LogP contribution in [0.2, 0.25) is 0 Å². The molecule has 98 heavy (non-hydrogen) atoms. The molecule has 0 amide bonds. The summed E-state index contributed by atoms with van der Waals surface area (Å²) in [6.07, 6.45) is 77.5. The fourth-order valence-electron chi connectivity index (χ4n) is 9.37. The van der Waals surface area contributed by atoms with Crippen LogP contribution in [0.4, 0.5) is 0 Å². The second kappa shape index (κ2) is 70.6. The highest BCUT2D eigenvalue weighted by Gasteiger charge is 2.30. The number of unbranched alkanes of at least 4 members (excludes halogenated alkanes) is 21. The fraction of sp³-hybridized carbons (Fsp3) is 0.671. The lowest BCUT2D eigenvalue weighted by Crippen LogP contribution is -2.30. The van der Waals surface area contributed by atoms with Gasteiger partial charge in [-0.2, -0.15) is 0 Å². The Morgan fingerprint density at radius 1 is 0.296 bits per heavy atom. The van der Waals surface area contributed by atoms with Crippen molar-refractivity contribution in [1.82, 2.24) is 0 Å². The molecule has 0 saturated carbocycles. The maximum atomic E-state index is 13.1. The Kier molecular flexibility index (Phi) is 67.2. The number of aliphatic hydroxyl groups is 1. The number of rotatable bonds is 69. The van der Waals surface area contributed by atoms with E-state index in [1.807, 2.05) is 18.2 Å². The number of carbonyl (C=O) groups excluding carboxylic acids is 4. The molecule has 0 radical (unpaired) electrons. The zero-order valence-electron chi connectivity index (χ0n) is 60.9. The van der Waals surface area contributed by atoms with E-state index < -0.39 is 97.5 Å². The van der Waals surface area contributed by atoms with Crippen molar-refractivity contribution in [2.24, 2.45) is 0 Å². The van der Waals surface area contributed by atoms with E-state index in [2.05, 4.69) is 143 Å². The molecule has 0 saturated heterocycles. The number of phosphoric ester groups is 2. The summed E-state index contributed by atoms with van der Waals surface area (Å²) in [6, 6.07) is 0. The van der Waals surface area contributed by atoms with E-state index in [4.69, 9.17) is 37.0 Å². The molecule has 0 bridgehead atoms. The fourth-order valence-corrected chi connectivity index (χ4v) is 11.0. The summed E-state index contributed by atoms with van der Waals surface area (Å²) in [4.78, 5) is 72.7. The molecular formula is C79H132O17P2. The molecule has 0 aromatic carbocycles. The molecule has 5 atom stereocenters. The van der Waals surface area contributed by atoms with Crippen molar-refractivity contribution in [3.8, 4) is 0 Å². The Hall–Kier alpha value is -4.80. The lowest BCUT2D eigenvalue weighted by atomic mass is 10.1. The van der Waals surface area contributed by atoms with E-state index in [-0.39, 0.29) is 25.7 Å². The van der Waals surface area contributed by atoms with Gasteiger partial charge in [0, 0.05) is 25.7 Å². The lowest BCUT2D eigenvalue weighted by molar-refractivity contribution is -0.161. The van der Waals surface area contributed by atoms with E-state index in [1.165, 1.54) is 25.7 Å². The van der Waals surface area contributed by atoms with E-state index in [1.54, 1.807) is 0 Å². The Morgan fingerprint density at radius 2 is 0.571 bits per heavy atom. The average molecular weight is 1420 g/mol. The second-order valence-electron chi connectivity index (χ2n) is 24.5. The van der Waals surface area contributed by atoms with E-state index in [0.29, 0.717) is 32.1 Å². The van der Waals surface area contributed by atoms with Gasteiger partial charge < -0.3 is 33.8 Å². The van der Waals surface area contributed by atoms with Gasteiger partial charge in [0.15, 0.2) is 12.2 Å². The second-order valence-corrected chi connectivity index (χ2v) is 27.4. The summed E-state index contributed by atoms with van der Waals surface area (Å²) >= 11 is 0. The minimum atomic E-state index is -5.00. The number of esters is 4. The van der Waals surface area contributed by atoms with Crippen LogP contribution in [0, 0.1) is 0 Å². The molecule has 0 heterocycles. The molecule has 0 aliphatic carbocycles. The van der Waals surface area contributed by atoms with Gasteiger partial charge in [-0.1, -0.05) is 251 Å². The van der Waals surface area contributed by atoms with E-state index >= 15 is 0 Å². The standard InChI is InChI=1S/C79H132O17P2/c1-5-9-13-17-21-25-29-33-34-35-36-37-38-42-44-48-52-56-60-64-77(82)90-70-75(96-79(84)66-62-58-54-50-46-41-32-28-24-20-16-12-8-4)72-94-98(87,88)92-68-73(80)67-91-97(85,86)93-71-74(95-78(83)65-61-57-53-49-45-40-31-27-23-19-15-11-7-3)69-89-76(81)63-59-55-51-47-43-39-30-26-22-18-14-10-6-2/h9,13-14,16,18,20-21,25-28,30-34,36-37,42,44,52,56,73-75,80H,5-8,10-12,15,17,19,22-24,29,35,38-41,43,45-51,53-55,57-72H2,1-4H3,(H,85,86)(H,87,88)/b13-9-,18-14-,20-16-,25-21-,30-26-,31-27-,32-28-,34-33-,37-36-,44-42-,56-52-. The number of phosphoric acid groups is 2. The van der Waals surface area contributed by atoms with Gasteiger partial charge >= 0.3 is 39.5 Å². The third-order valence-electron chi connectivity index (χ3n) is 15.0. The van der Waals surface area contributed by atoms with Crippen LogP contribution in [0.3, 0.4) is 0 Å². The van der Waals surface area contributed by atoms with Gasteiger partial charge in [0.1, 0.15) is 19.3 Å². The minimum Gasteiger partial charge on any atom is -0.462 e. The molecule has 0 rings (SSSR count). The van der Waals surface area contributed by atoms with Gasteiger partial charge in [-0.25, -0.2) is 9.13 Å². The maximum Gasteiger partial charge on any atom is 0.472 e. The Labute approximate surface area is 593 Å². The number of hydrogen-bond acceptors (Lipinski definition) is 15. The molecule has 0 spiro atoms. The largest absolute Gasteiger partial charge is 0.472 e. The summed E-state index contributed by atoms with van der Waals surface area (Å²) in [7, 11) is -9.98. The summed E-state index contributed by atoms with van der Waals surface area (Å²) in [6.45, 7) is 4.47. The van der Waals surface area contributed by atoms with Gasteiger partial charge in [0.2, 0.25) is 0 Å². The number of aliphatic hydroxyl groups excluding tert-OH is 1. The van der Waals surface area contributed by atoms with Crippen LogP contribution in [0.25, 0.3) is 0 Å². The summed E-state index contributed by atoms with van der Waals surface area (Å²) in [5.74, 6) is -2.32. The third kappa shape index (κ3) is 69.7. The topological polar surface area (TPSA) is 237 Å². The van der Waals surface area contributed by atoms with Crippen LogP contribution in [-0.2, 0) is 65.4 Å². The first-order valence-corrected chi connectivity index (χ1v) is 40.4. The molecule has 0 aromatic heterocycles. The van der Waals surface area contributed by atoms with Crippen LogP contribution in [0.15, 0.2) is 134 Å². The van der Waals surface area contributed by atoms with Gasteiger partial charge in [-0.15, -0.1) is 0 Å². The van der Waals surface area contributed by atoms with Crippen molar-refractivity contribution < 1.29 is 80.2 Å². The highest BCUT2D eigenvalue weighted by atomic mass is 31.2. The van der Waals surface area contributed by atoms with E-state index in [9.17, 15) is 43.2 Å². The molecule has 3 N–H and O–H groups in total. The van der Waals surface area contributed by atoms with Crippen molar-refractivity contribution in [1.29, 1.82) is 0 Å². The molecule has 17 nitrogen and oxygen atoms in total. The number of carbonyl (C=O) groups is 4. The minimum absolute atomic E-state index is 0.0296. The molecule has 0 fully saturated rings. The van der Waals surface area contributed by atoms with Crippen LogP contribution in [0.1, 0.15) is 285 Å². The predicted octanol–water partition coefficient (Wildman–Crippen LogP) is 21.3. The van der Waals surface area contributed by atoms with Crippen molar-refractivity contribution in [2.45, 2.75) is 303 Å². The Bertz CT molecular complexity index is 2380. The molecule has 5 unspecified atom stereocenters. The van der Waals surface area contributed by atoms with Gasteiger partial charge in [-0.3, -0.25) is 37.3 Å². The van der Waals surface area contributed by atoms with E-state index in [0.717, 1.165) is 173 Å². The lowest BCUT2D eigenvalue weighted by Gasteiger charge is -2.21. The van der Waals surface area contributed by atoms with Crippen LogP contribution in [0.5, 0.6) is 0 Å².